The number of hydrogen-bond donors (Lipinski definition) is 1. The van der Waals surface area contributed by atoms with Gasteiger partial charge in [-0.3, -0.25) is 0 Å². The average Bonchev–Trinajstić information content (AvgIpc) is 2.48. The van der Waals surface area contributed by atoms with Crippen molar-refractivity contribution in [2.24, 2.45) is 7.05 Å². The Hall–Kier alpha value is -0.520. The molecule has 0 spiro atoms. The van der Waals surface area contributed by atoms with Crippen LogP contribution in [-0.4, -0.2) is 27.2 Å². The number of imidazole rings is 1. The van der Waals surface area contributed by atoms with Gasteiger partial charge in [-0.15, -0.1) is 0 Å². The highest BCUT2D eigenvalue weighted by Gasteiger charge is 2.04. The summed E-state index contributed by atoms with van der Waals surface area (Å²) in [5, 5.41) is 9.77. The van der Waals surface area contributed by atoms with E-state index in [4.69, 9.17) is 9.84 Å². The number of aliphatic hydroxyl groups excluding tert-OH is 1. The molecular formula is C8H14N2O2S. The van der Waals surface area contributed by atoms with Crippen molar-refractivity contribution in [2.75, 3.05) is 12.5 Å². The molecule has 1 N–H and O–H groups in total. The fourth-order valence-electron chi connectivity index (χ4n) is 0.884. The van der Waals surface area contributed by atoms with Crippen LogP contribution in [0.3, 0.4) is 0 Å². The van der Waals surface area contributed by atoms with E-state index in [-0.39, 0.29) is 6.61 Å². The van der Waals surface area contributed by atoms with Gasteiger partial charge in [-0.2, -0.15) is 0 Å². The number of thioether (sulfide) groups is 1. The fraction of sp³-hybridized carbons (Fsp3) is 0.625. The summed E-state index contributed by atoms with van der Waals surface area (Å²) >= 11 is 1.53. The highest BCUT2D eigenvalue weighted by atomic mass is 32.2. The molecule has 1 rings (SSSR count). The second-order valence-corrected chi connectivity index (χ2v) is 3.39. The zero-order valence-electron chi connectivity index (χ0n) is 7.86. The van der Waals surface area contributed by atoms with E-state index in [0.717, 1.165) is 10.9 Å². The highest BCUT2D eigenvalue weighted by Crippen LogP contribution is 2.16. The van der Waals surface area contributed by atoms with Crippen LogP contribution in [0, 0.1) is 0 Å². The first kappa shape index (κ1) is 10.6. The van der Waals surface area contributed by atoms with Crippen molar-refractivity contribution in [1.82, 2.24) is 9.55 Å². The fourth-order valence-corrected chi connectivity index (χ4v) is 1.68. The molecule has 0 unspecified atom stereocenters. The Morgan fingerprint density at radius 2 is 2.46 bits per heavy atom. The van der Waals surface area contributed by atoms with E-state index in [0.29, 0.717) is 12.5 Å². The van der Waals surface area contributed by atoms with Crippen LogP contribution in [-0.2, 0) is 18.4 Å². The number of ether oxygens (including phenoxy) is 1. The largest absolute Gasteiger partial charge is 0.390 e. The number of aromatic nitrogens is 2. The summed E-state index contributed by atoms with van der Waals surface area (Å²) in [6.07, 6.45) is 1.67. The molecule has 74 valence electrons. The minimum Gasteiger partial charge on any atom is -0.390 e. The summed E-state index contributed by atoms with van der Waals surface area (Å²) in [4.78, 5) is 4.14. The summed E-state index contributed by atoms with van der Waals surface area (Å²) in [6, 6.07) is 0. The van der Waals surface area contributed by atoms with Gasteiger partial charge in [0.15, 0.2) is 5.16 Å². The van der Waals surface area contributed by atoms with Crippen molar-refractivity contribution in [2.45, 2.75) is 18.7 Å². The van der Waals surface area contributed by atoms with E-state index in [9.17, 15) is 0 Å². The smallest absolute Gasteiger partial charge is 0.170 e. The zero-order valence-corrected chi connectivity index (χ0v) is 8.67. The van der Waals surface area contributed by atoms with Gasteiger partial charge >= 0.3 is 0 Å². The average molecular weight is 202 g/mol. The first-order chi connectivity index (χ1) is 6.29. The molecule has 0 aliphatic rings. The second-order valence-electron chi connectivity index (χ2n) is 2.50. The standard InChI is InChI=1S/C8H14N2O2S/c1-3-12-6-13-8-9-4-7(5-11)10(8)2/h4,11H,3,5-6H2,1-2H3. The van der Waals surface area contributed by atoms with Crippen molar-refractivity contribution in [1.29, 1.82) is 0 Å². The van der Waals surface area contributed by atoms with Gasteiger partial charge in [0.25, 0.3) is 0 Å². The predicted molar refractivity (Wildman–Crippen MR) is 51.5 cm³/mol. The molecule has 0 fully saturated rings. The third-order valence-electron chi connectivity index (χ3n) is 1.68. The Balaban J connectivity index is 2.51. The molecular weight excluding hydrogens is 188 g/mol. The van der Waals surface area contributed by atoms with Crippen LogP contribution in [0.25, 0.3) is 0 Å². The lowest BCUT2D eigenvalue weighted by Crippen LogP contribution is -1.98. The Labute approximate surface area is 81.9 Å². The molecule has 0 radical (unpaired) electrons. The molecule has 0 aliphatic heterocycles. The molecule has 1 aromatic rings. The Kier molecular flexibility index (Phi) is 4.27. The number of rotatable bonds is 5. The molecule has 1 heterocycles. The number of aliphatic hydroxyl groups is 1. The van der Waals surface area contributed by atoms with E-state index >= 15 is 0 Å². The van der Waals surface area contributed by atoms with Gasteiger partial charge in [0.05, 0.1) is 24.4 Å². The minimum atomic E-state index is 0.0265. The first-order valence-electron chi connectivity index (χ1n) is 4.11. The van der Waals surface area contributed by atoms with Gasteiger partial charge in [-0.1, -0.05) is 11.8 Å². The molecule has 5 heteroatoms. The quantitative estimate of drug-likeness (QED) is 0.439. The minimum absolute atomic E-state index is 0.0265. The summed E-state index contributed by atoms with van der Waals surface area (Å²) in [7, 11) is 1.88. The van der Waals surface area contributed by atoms with E-state index in [1.165, 1.54) is 11.8 Å². The molecule has 4 nitrogen and oxygen atoms in total. The molecule has 0 bridgehead atoms. The van der Waals surface area contributed by atoms with Gasteiger partial charge in [0, 0.05) is 13.7 Å². The van der Waals surface area contributed by atoms with Crippen LogP contribution < -0.4 is 0 Å². The SMILES string of the molecule is CCOCSc1ncc(CO)n1C. The van der Waals surface area contributed by atoms with Crippen molar-refractivity contribution in [3.05, 3.63) is 11.9 Å². The summed E-state index contributed by atoms with van der Waals surface area (Å²) in [5.41, 5.74) is 0.819. The van der Waals surface area contributed by atoms with Crippen LogP contribution in [0.15, 0.2) is 11.4 Å². The summed E-state index contributed by atoms with van der Waals surface area (Å²) in [5.74, 6) is 0.603. The molecule has 0 aliphatic carbocycles. The molecule has 0 amide bonds. The maximum absolute atomic E-state index is 8.90. The Morgan fingerprint density at radius 1 is 1.69 bits per heavy atom. The van der Waals surface area contributed by atoms with E-state index in [2.05, 4.69) is 4.98 Å². The van der Waals surface area contributed by atoms with Gasteiger partial charge in [0.2, 0.25) is 0 Å². The Bertz CT molecular complexity index is 263. The Morgan fingerprint density at radius 3 is 3.00 bits per heavy atom. The highest BCUT2D eigenvalue weighted by molar-refractivity contribution is 7.99. The monoisotopic (exact) mass is 202 g/mol. The van der Waals surface area contributed by atoms with Crippen LogP contribution in [0.2, 0.25) is 0 Å². The third-order valence-corrected chi connectivity index (χ3v) is 2.60. The van der Waals surface area contributed by atoms with Crippen molar-refractivity contribution in [3.8, 4) is 0 Å². The number of nitrogens with zero attached hydrogens (tertiary/aromatic N) is 2. The second kappa shape index (κ2) is 5.26. The van der Waals surface area contributed by atoms with Crippen molar-refractivity contribution in [3.63, 3.8) is 0 Å². The van der Waals surface area contributed by atoms with Crippen molar-refractivity contribution >= 4 is 11.8 Å². The van der Waals surface area contributed by atoms with Crippen molar-refractivity contribution < 1.29 is 9.84 Å². The van der Waals surface area contributed by atoms with E-state index < -0.39 is 0 Å². The molecule has 0 atom stereocenters. The summed E-state index contributed by atoms with van der Waals surface area (Å²) < 4.78 is 7.05. The van der Waals surface area contributed by atoms with Crippen LogP contribution in [0.1, 0.15) is 12.6 Å². The first-order valence-corrected chi connectivity index (χ1v) is 5.10. The third kappa shape index (κ3) is 2.72. The lowest BCUT2D eigenvalue weighted by Gasteiger charge is -2.03. The van der Waals surface area contributed by atoms with E-state index in [1.807, 2.05) is 18.5 Å². The topological polar surface area (TPSA) is 47.3 Å². The normalized spacial score (nSPS) is 10.7. The zero-order chi connectivity index (χ0) is 9.68. The van der Waals surface area contributed by atoms with E-state index in [1.54, 1.807) is 6.20 Å². The molecule has 13 heavy (non-hydrogen) atoms. The van der Waals surface area contributed by atoms with Gasteiger partial charge in [0.1, 0.15) is 0 Å². The van der Waals surface area contributed by atoms with Gasteiger partial charge in [-0.25, -0.2) is 4.98 Å². The predicted octanol–water partition coefficient (Wildman–Crippen LogP) is 0.998. The molecule has 0 aromatic carbocycles. The molecule has 1 aromatic heterocycles. The van der Waals surface area contributed by atoms with Gasteiger partial charge in [-0.05, 0) is 6.92 Å². The maximum atomic E-state index is 8.90. The molecule has 0 saturated heterocycles. The van der Waals surface area contributed by atoms with Gasteiger partial charge < -0.3 is 14.4 Å². The lowest BCUT2D eigenvalue weighted by molar-refractivity contribution is 0.199. The summed E-state index contributed by atoms with van der Waals surface area (Å²) in [6.45, 7) is 2.70. The van der Waals surface area contributed by atoms with Crippen LogP contribution in [0.4, 0.5) is 0 Å². The van der Waals surface area contributed by atoms with Crippen LogP contribution >= 0.6 is 11.8 Å². The maximum Gasteiger partial charge on any atom is 0.170 e. The lowest BCUT2D eigenvalue weighted by atomic mass is 10.5. The number of hydrogen-bond acceptors (Lipinski definition) is 4. The molecule has 0 saturated carbocycles. The van der Waals surface area contributed by atoms with Crippen LogP contribution in [0.5, 0.6) is 0 Å².